The SMILES string of the molecule is CC(C)(C)OC(=O)NC(C)(C)c1ccccc1O. The zero-order valence-corrected chi connectivity index (χ0v) is 11.6. The van der Waals surface area contributed by atoms with Crippen molar-refractivity contribution in [2.75, 3.05) is 0 Å². The number of carbonyl (C=O) groups is 1. The molecule has 100 valence electrons. The summed E-state index contributed by atoms with van der Waals surface area (Å²) in [4.78, 5) is 11.7. The number of benzene rings is 1. The number of phenolic OH excluding ortho intramolecular Hbond substituents is 1. The zero-order chi connectivity index (χ0) is 14.0. The first kappa shape index (κ1) is 14.4. The number of alkyl carbamates (subject to hydrolysis) is 1. The van der Waals surface area contributed by atoms with Gasteiger partial charge >= 0.3 is 6.09 Å². The summed E-state index contributed by atoms with van der Waals surface area (Å²) in [7, 11) is 0. The first-order valence-corrected chi connectivity index (χ1v) is 5.91. The Bertz CT molecular complexity index is 433. The molecule has 0 spiro atoms. The number of rotatable bonds is 2. The van der Waals surface area contributed by atoms with E-state index in [-0.39, 0.29) is 5.75 Å². The van der Waals surface area contributed by atoms with Crippen molar-refractivity contribution in [3.8, 4) is 5.75 Å². The molecule has 0 fully saturated rings. The van der Waals surface area contributed by atoms with Crippen molar-refractivity contribution in [1.82, 2.24) is 5.32 Å². The summed E-state index contributed by atoms with van der Waals surface area (Å²) in [5, 5.41) is 12.5. The van der Waals surface area contributed by atoms with Gasteiger partial charge in [-0.25, -0.2) is 4.79 Å². The van der Waals surface area contributed by atoms with E-state index in [2.05, 4.69) is 5.32 Å². The zero-order valence-electron chi connectivity index (χ0n) is 11.6. The Labute approximate surface area is 108 Å². The van der Waals surface area contributed by atoms with Gasteiger partial charge in [-0.05, 0) is 40.7 Å². The van der Waals surface area contributed by atoms with Crippen LogP contribution in [0.15, 0.2) is 24.3 Å². The molecule has 1 amide bonds. The molecular weight excluding hydrogens is 230 g/mol. The lowest BCUT2D eigenvalue weighted by Gasteiger charge is -2.29. The number of phenols is 1. The Balaban J connectivity index is 2.83. The maximum absolute atomic E-state index is 11.7. The van der Waals surface area contributed by atoms with Gasteiger partial charge in [0.1, 0.15) is 11.4 Å². The van der Waals surface area contributed by atoms with Gasteiger partial charge in [0.15, 0.2) is 0 Å². The van der Waals surface area contributed by atoms with E-state index in [0.29, 0.717) is 5.56 Å². The van der Waals surface area contributed by atoms with Gasteiger partial charge in [0.05, 0.1) is 5.54 Å². The molecule has 0 aliphatic carbocycles. The van der Waals surface area contributed by atoms with Gasteiger partial charge in [0, 0.05) is 5.56 Å². The van der Waals surface area contributed by atoms with Crippen LogP contribution in [0.25, 0.3) is 0 Å². The van der Waals surface area contributed by atoms with Gasteiger partial charge in [-0.1, -0.05) is 18.2 Å². The smallest absolute Gasteiger partial charge is 0.408 e. The summed E-state index contributed by atoms with van der Waals surface area (Å²) in [6, 6.07) is 6.91. The molecule has 1 aromatic rings. The Kier molecular flexibility index (Phi) is 3.89. The van der Waals surface area contributed by atoms with Crippen LogP contribution in [0.4, 0.5) is 4.79 Å². The maximum Gasteiger partial charge on any atom is 0.408 e. The molecule has 4 heteroatoms. The number of para-hydroxylation sites is 1. The number of hydrogen-bond donors (Lipinski definition) is 2. The van der Waals surface area contributed by atoms with Gasteiger partial charge in [0.2, 0.25) is 0 Å². The van der Waals surface area contributed by atoms with E-state index in [9.17, 15) is 9.90 Å². The average Bonchev–Trinajstić information content (AvgIpc) is 2.13. The van der Waals surface area contributed by atoms with Crippen molar-refractivity contribution < 1.29 is 14.6 Å². The van der Waals surface area contributed by atoms with E-state index in [1.54, 1.807) is 39.0 Å². The van der Waals surface area contributed by atoms with E-state index < -0.39 is 17.2 Å². The third-order valence-electron chi connectivity index (χ3n) is 2.39. The molecule has 1 rings (SSSR count). The fourth-order valence-electron chi connectivity index (χ4n) is 1.63. The second-order valence-corrected chi connectivity index (χ2v) is 5.77. The highest BCUT2D eigenvalue weighted by Crippen LogP contribution is 2.28. The molecule has 0 atom stereocenters. The first-order valence-electron chi connectivity index (χ1n) is 5.91. The molecule has 0 heterocycles. The molecule has 0 saturated heterocycles. The van der Waals surface area contributed by atoms with E-state index in [0.717, 1.165) is 0 Å². The molecule has 4 nitrogen and oxygen atoms in total. The van der Waals surface area contributed by atoms with E-state index >= 15 is 0 Å². The number of amides is 1. The molecule has 0 saturated carbocycles. The topological polar surface area (TPSA) is 58.6 Å². The van der Waals surface area contributed by atoms with E-state index in [1.807, 2.05) is 19.9 Å². The Morgan fingerprint density at radius 3 is 2.22 bits per heavy atom. The number of ether oxygens (including phenoxy) is 1. The van der Waals surface area contributed by atoms with Crippen LogP contribution in [0, 0.1) is 0 Å². The summed E-state index contributed by atoms with van der Waals surface area (Å²) < 4.78 is 5.20. The van der Waals surface area contributed by atoms with Crippen molar-refractivity contribution in [2.24, 2.45) is 0 Å². The van der Waals surface area contributed by atoms with Gasteiger partial charge in [-0.15, -0.1) is 0 Å². The molecule has 0 aromatic heterocycles. The van der Waals surface area contributed by atoms with Crippen molar-refractivity contribution in [3.63, 3.8) is 0 Å². The standard InChI is InChI=1S/C14H21NO3/c1-13(2,3)18-12(17)15-14(4,5)10-8-6-7-9-11(10)16/h6-9,16H,1-5H3,(H,15,17). The van der Waals surface area contributed by atoms with Crippen molar-refractivity contribution in [1.29, 1.82) is 0 Å². The third kappa shape index (κ3) is 3.95. The number of aromatic hydroxyl groups is 1. The van der Waals surface area contributed by atoms with E-state index in [1.165, 1.54) is 0 Å². The minimum absolute atomic E-state index is 0.151. The molecule has 0 unspecified atom stereocenters. The lowest BCUT2D eigenvalue weighted by atomic mass is 9.93. The lowest BCUT2D eigenvalue weighted by Crippen LogP contribution is -2.43. The molecule has 0 aliphatic heterocycles. The second-order valence-electron chi connectivity index (χ2n) is 5.77. The Morgan fingerprint density at radius 1 is 1.17 bits per heavy atom. The minimum atomic E-state index is -0.701. The van der Waals surface area contributed by atoms with Gasteiger partial charge < -0.3 is 15.2 Å². The van der Waals surface area contributed by atoms with Crippen molar-refractivity contribution >= 4 is 6.09 Å². The van der Waals surface area contributed by atoms with Crippen LogP contribution in [0.1, 0.15) is 40.2 Å². The normalized spacial score (nSPS) is 12.1. The van der Waals surface area contributed by atoms with Crippen LogP contribution < -0.4 is 5.32 Å². The van der Waals surface area contributed by atoms with Gasteiger partial charge in [-0.3, -0.25) is 0 Å². The van der Waals surface area contributed by atoms with Crippen LogP contribution >= 0.6 is 0 Å². The molecule has 1 aromatic carbocycles. The van der Waals surface area contributed by atoms with Gasteiger partial charge in [0.25, 0.3) is 0 Å². The number of carbonyl (C=O) groups excluding carboxylic acids is 1. The van der Waals surface area contributed by atoms with Crippen LogP contribution in [0.3, 0.4) is 0 Å². The number of nitrogens with one attached hydrogen (secondary N) is 1. The summed E-state index contributed by atoms with van der Waals surface area (Å²) in [5.41, 5.74) is -0.595. The molecule has 0 aliphatic rings. The number of hydrogen-bond acceptors (Lipinski definition) is 3. The molecule has 0 bridgehead atoms. The summed E-state index contributed by atoms with van der Waals surface area (Å²) in [6.07, 6.45) is -0.504. The molecular formula is C14H21NO3. The van der Waals surface area contributed by atoms with Crippen LogP contribution in [0.5, 0.6) is 5.75 Å². The van der Waals surface area contributed by atoms with Crippen LogP contribution in [-0.2, 0) is 10.3 Å². The lowest BCUT2D eigenvalue weighted by molar-refractivity contribution is 0.0469. The van der Waals surface area contributed by atoms with Crippen LogP contribution in [-0.4, -0.2) is 16.8 Å². The summed E-state index contributed by atoms with van der Waals surface area (Å²) in [5.74, 6) is 0.151. The quantitative estimate of drug-likeness (QED) is 0.848. The average molecular weight is 251 g/mol. The highest BCUT2D eigenvalue weighted by molar-refractivity contribution is 5.69. The monoisotopic (exact) mass is 251 g/mol. The summed E-state index contributed by atoms with van der Waals surface area (Å²) >= 11 is 0. The molecule has 0 radical (unpaired) electrons. The highest BCUT2D eigenvalue weighted by Gasteiger charge is 2.28. The maximum atomic E-state index is 11.7. The second kappa shape index (κ2) is 4.88. The van der Waals surface area contributed by atoms with Gasteiger partial charge in [-0.2, -0.15) is 0 Å². The Morgan fingerprint density at radius 2 is 1.72 bits per heavy atom. The third-order valence-corrected chi connectivity index (χ3v) is 2.39. The van der Waals surface area contributed by atoms with Crippen LogP contribution in [0.2, 0.25) is 0 Å². The largest absolute Gasteiger partial charge is 0.508 e. The first-order chi connectivity index (χ1) is 8.12. The van der Waals surface area contributed by atoms with Crippen molar-refractivity contribution in [3.05, 3.63) is 29.8 Å². The fraction of sp³-hybridized carbons (Fsp3) is 0.500. The molecule has 18 heavy (non-hydrogen) atoms. The molecule has 2 N–H and O–H groups in total. The van der Waals surface area contributed by atoms with Crippen molar-refractivity contribution in [2.45, 2.75) is 45.8 Å². The highest BCUT2D eigenvalue weighted by atomic mass is 16.6. The Hall–Kier alpha value is -1.71. The minimum Gasteiger partial charge on any atom is -0.508 e. The fourth-order valence-corrected chi connectivity index (χ4v) is 1.63. The predicted octanol–water partition coefficient (Wildman–Crippen LogP) is 3.15. The summed E-state index contributed by atoms with van der Waals surface area (Å²) in [6.45, 7) is 9.04. The van der Waals surface area contributed by atoms with E-state index in [4.69, 9.17) is 4.74 Å². The predicted molar refractivity (Wildman–Crippen MR) is 70.5 cm³/mol.